The van der Waals surface area contributed by atoms with Crippen molar-refractivity contribution in [1.82, 2.24) is 9.97 Å². The first-order valence-corrected chi connectivity index (χ1v) is 6.62. The summed E-state index contributed by atoms with van der Waals surface area (Å²) in [5, 5.41) is 14.2. The molecule has 2 aromatic rings. The van der Waals surface area contributed by atoms with E-state index >= 15 is 0 Å². The van der Waals surface area contributed by atoms with Crippen molar-refractivity contribution < 1.29 is 18.3 Å². The number of carboxylic acids is 1. The summed E-state index contributed by atoms with van der Waals surface area (Å²) in [6.45, 7) is 0. The Kier molecular flexibility index (Phi) is 3.28. The van der Waals surface area contributed by atoms with Crippen LogP contribution in [-0.4, -0.2) is 29.5 Å². The minimum Gasteiger partial charge on any atom is -0.478 e. The summed E-state index contributed by atoms with van der Waals surface area (Å²) in [5.41, 5.74) is -0.337. The maximum absolute atomic E-state index is 11.5. The topological polar surface area (TPSA) is 123 Å². The number of rotatable bonds is 3. The van der Waals surface area contributed by atoms with Gasteiger partial charge in [0.25, 0.3) is 0 Å². The van der Waals surface area contributed by atoms with Crippen molar-refractivity contribution >= 4 is 16.0 Å². The summed E-state index contributed by atoms with van der Waals surface area (Å²) in [4.78, 5) is 18.6. The summed E-state index contributed by atoms with van der Waals surface area (Å²) >= 11 is 0. The summed E-state index contributed by atoms with van der Waals surface area (Å²) in [7, 11) is -4.08. The average molecular weight is 279 g/mol. The monoisotopic (exact) mass is 279 g/mol. The lowest BCUT2D eigenvalue weighted by molar-refractivity contribution is 0.0697. The van der Waals surface area contributed by atoms with E-state index in [9.17, 15) is 13.2 Å². The molecule has 0 saturated heterocycles. The summed E-state index contributed by atoms with van der Waals surface area (Å²) < 4.78 is 23.1. The third kappa shape index (κ3) is 2.59. The number of nitrogens with zero attached hydrogens (tertiary/aromatic N) is 2. The van der Waals surface area contributed by atoms with E-state index in [-0.39, 0.29) is 21.8 Å². The van der Waals surface area contributed by atoms with E-state index in [2.05, 4.69) is 9.97 Å². The Morgan fingerprint density at radius 3 is 2.32 bits per heavy atom. The van der Waals surface area contributed by atoms with E-state index < -0.39 is 16.0 Å². The molecule has 7 nitrogen and oxygen atoms in total. The van der Waals surface area contributed by atoms with Crippen LogP contribution in [0.5, 0.6) is 0 Å². The Morgan fingerprint density at radius 2 is 1.79 bits per heavy atom. The molecule has 1 aromatic carbocycles. The SMILES string of the molecule is NS(=O)(=O)c1cccc(C(=O)O)c1-c1ncccn1. The highest BCUT2D eigenvalue weighted by Crippen LogP contribution is 2.27. The molecule has 0 radical (unpaired) electrons. The van der Waals surface area contributed by atoms with Gasteiger partial charge in [0, 0.05) is 12.4 Å². The van der Waals surface area contributed by atoms with Crippen molar-refractivity contribution in [2.45, 2.75) is 4.90 Å². The maximum atomic E-state index is 11.5. The first-order chi connectivity index (χ1) is 8.91. The Balaban J connectivity index is 2.86. The number of sulfonamides is 1. The van der Waals surface area contributed by atoms with Crippen LogP contribution in [0.15, 0.2) is 41.6 Å². The van der Waals surface area contributed by atoms with Crippen LogP contribution in [0.25, 0.3) is 11.4 Å². The molecule has 0 fully saturated rings. The Morgan fingerprint density at radius 1 is 1.16 bits per heavy atom. The lowest BCUT2D eigenvalue weighted by Crippen LogP contribution is -2.16. The molecule has 0 atom stereocenters. The van der Waals surface area contributed by atoms with E-state index in [1.165, 1.54) is 36.7 Å². The quantitative estimate of drug-likeness (QED) is 0.842. The molecule has 0 bridgehead atoms. The summed E-state index contributed by atoms with van der Waals surface area (Å²) in [6.07, 6.45) is 2.77. The first kappa shape index (κ1) is 13.1. The fraction of sp³-hybridized carbons (Fsp3) is 0. The van der Waals surface area contributed by atoms with Crippen LogP contribution in [0.2, 0.25) is 0 Å². The molecule has 0 spiro atoms. The van der Waals surface area contributed by atoms with E-state index in [1.54, 1.807) is 0 Å². The molecule has 1 heterocycles. The minimum absolute atomic E-state index is 0.00970. The van der Waals surface area contributed by atoms with Gasteiger partial charge in [-0.3, -0.25) is 0 Å². The van der Waals surface area contributed by atoms with Crippen molar-refractivity contribution in [2.75, 3.05) is 0 Å². The highest BCUT2D eigenvalue weighted by Gasteiger charge is 2.23. The fourth-order valence-electron chi connectivity index (χ4n) is 1.61. The normalized spacial score (nSPS) is 11.2. The van der Waals surface area contributed by atoms with Crippen LogP contribution in [0, 0.1) is 0 Å². The number of benzene rings is 1. The van der Waals surface area contributed by atoms with E-state index in [0.717, 1.165) is 0 Å². The standard InChI is InChI=1S/C11H9N3O4S/c12-19(17,18)8-4-1-3-7(11(15)16)9(8)10-13-5-2-6-14-10/h1-6H,(H,15,16)(H2,12,17,18). The Bertz CT molecular complexity index is 729. The largest absolute Gasteiger partial charge is 0.478 e. The molecule has 1 aromatic heterocycles. The Hall–Kier alpha value is -2.32. The highest BCUT2D eigenvalue weighted by atomic mass is 32.2. The van der Waals surface area contributed by atoms with Gasteiger partial charge >= 0.3 is 5.97 Å². The van der Waals surface area contributed by atoms with Gasteiger partial charge in [0.1, 0.15) is 0 Å². The molecule has 98 valence electrons. The van der Waals surface area contributed by atoms with Gasteiger partial charge in [0.2, 0.25) is 10.0 Å². The van der Waals surface area contributed by atoms with Gasteiger partial charge < -0.3 is 5.11 Å². The molecule has 2 rings (SSSR count). The van der Waals surface area contributed by atoms with Crippen LogP contribution in [0.4, 0.5) is 0 Å². The van der Waals surface area contributed by atoms with Gasteiger partial charge in [-0.1, -0.05) is 6.07 Å². The third-order valence-corrected chi connectivity index (χ3v) is 3.31. The lowest BCUT2D eigenvalue weighted by Gasteiger charge is -2.09. The van der Waals surface area contributed by atoms with Crippen molar-refractivity contribution in [3.8, 4) is 11.4 Å². The van der Waals surface area contributed by atoms with Crippen molar-refractivity contribution in [2.24, 2.45) is 5.14 Å². The fourth-order valence-corrected chi connectivity index (χ4v) is 2.36. The maximum Gasteiger partial charge on any atom is 0.336 e. The predicted octanol–water partition coefficient (Wildman–Crippen LogP) is 0.489. The minimum atomic E-state index is -4.08. The zero-order chi connectivity index (χ0) is 14.0. The molecular weight excluding hydrogens is 270 g/mol. The average Bonchev–Trinajstić information content (AvgIpc) is 2.37. The molecular formula is C11H9N3O4S. The molecule has 0 aliphatic rings. The lowest BCUT2D eigenvalue weighted by atomic mass is 10.1. The van der Waals surface area contributed by atoms with Gasteiger partial charge in [-0.15, -0.1) is 0 Å². The van der Waals surface area contributed by atoms with Crippen LogP contribution < -0.4 is 5.14 Å². The number of carbonyl (C=O) groups is 1. The van der Waals surface area contributed by atoms with Crippen molar-refractivity contribution in [1.29, 1.82) is 0 Å². The van der Waals surface area contributed by atoms with E-state index in [4.69, 9.17) is 10.2 Å². The third-order valence-electron chi connectivity index (χ3n) is 2.35. The van der Waals surface area contributed by atoms with Crippen LogP contribution in [0.1, 0.15) is 10.4 Å². The molecule has 19 heavy (non-hydrogen) atoms. The number of hydrogen-bond donors (Lipinski definition) is 2. The number of aromatic nitrogens is 2. The molecule has 3 N–H and O–H groups in total. The number of nitrogens with two attached hydrogens (primary N) is 1. The number of aromatic carboxylic acids is 1. The van der Waals surface area contributed by atoms with Crippen molar-refractivity contribution in [3.05, 3.63) is 42.2 Å². The zero-order valence-electron chi connectivity index (χ0n) is 9.52. The van der Waals surface area contributed by atoms with E-state index in [1.807, 2.05) is 0 Å². The van der Waals surface area contributed by atoms with Crippen LogP contribution >= 0.6 is 0 Å². The second kappa shape index (κ2) is 4.75. The van der Waals surface area contributed by atoms with Gasteiger partial charge in [0.15, 0.2) is 5.82 Å². The highest BCUT2D eigenvalue weighted by molar-refractivity contribution is 7.89. The molecule has 0 saturated carbocycles. The second-order valence-electron chi connectivity index (χ2n) is 3.60. The summed E-state index contributed by atoms with van der Waals surface area (Å²) in [6, 6.07) is 5.31. The number of primary sulfonamides is 1. The van der Waals surface area contributed by atoms with E-state index in [0.29, 0.717) is 0 Å². The van der Waals surface area contributed by atoms with Gasteiger partial charge in [-0.2, -0.15) is 0 Å². The van der Waals surface area contributed by atoms with Crippen molar-refractivity contribution in [3.63, 3.8) is 0 Å². The molecule has 0 aliphatic carbocycles. The molecule has 0 amide bonds. The number of carboxylic acid groups (broad SMARTS) is 1. The molecule has 0 aliphatic heterocycles. The molecule has 0 unspecified atom stereocenters. The molecule has 8 heteroatoms. The van der Waals surface area contributed by atoms with Gasteiger partial charge in [0.05, 0.1) is 16.0 Å². The first-order valence-electron chi connectivity index (χ1n) is 5.08. The zero-order valence-corrected chi connectivity index (χ0v) is 10.3. The van der Waals surface area contributed by atoms with Gasteiger partial charge in [-0.05, 0) is 18.2 Å². The Labute approximate surface area is 108 Å². The number of hydrogen-bond acceptors (Lipinski definition) is 5. The summed E-state index contributed by atoms with van der Waals surface area (Å²) in [5.74, 6) is -1.29. The van der Waals surface area contributed by atoms with Gasteiger partial charge in [-0.25, -0.2) is 28.3 Å². The predicted molar refractivity (Wildman–Crippen MR) is 65.8 cm³/mol. The second-order valence-corrected chi connectivity index (χ2v) is 5.13. The van der Waals surface area contributed by atoms with Crippen LogP contribution in [-0.2, 0) is 10.0 Å². The van der Waals surface area contributed by atoms with Crippen LogP contribution in [0.3, 0.4) is 0 Å². The smallest absolute Gasteiger partial charge is 0.336 e.